The highest BCUT2D eigenvalue weighted by Crippen LogP contribution is 2.63. The summed E-state index contributed by atoms with van der Waals surface area (Å²) in [6.07, 6.45) is 11.9. The van der Waals surface area contributed by atoms with Crippen molar-refractivity contribution in [2.45, 2.75) is 97.5 Å². The zero-order valence-electron chi connectivity index (χ0n) is 18.9. The smallest absolute Gasteiger partial charge is 0.344 e. The molecule has 5 rings (SSSR count). The van der Waals surface area contributed by atoms with Crippen LogP contribution in [0.5, 0.6) is 0 Å². The molecule has 0 unspecified atom stereocenters. The lowest BCUT2D eigenvalue weighted by molar-refractivity contribution is -0.235. The summed E-state index contributed by atoms with van der Waals surface area (Å²) in [6, 6.07) is 0. The number of carbonyl (C=O) groups excluding carboxylic acids is 2. The lowest BCUT2D eigenvalue weighted by Gasteiger charge is -2.63. The molecule has 0 atom stereocenters. The van der Waals surface area contributed by atoms with Crippen molar-refractivity contribution in [3.63, 3.8) is 0 Å². The molecule has 4 nitrogen and oxygen atoms in total. The van der Waals surface area contributed by atoms with Crippen molar-refractivity contribution in [3.05, 3.63) is 0 Å². The Morgan fingerprint density at radius 1 is 0.897 bits per heavy atom. The molecule has 5 aliphatic rings. The molecule has 0 aliphatic heterocycles. The molecule has 0 aromatic heterocycles. The SMILES string of the molecule is CCC(C)(C)C(=O)OCC(=O)OC1(C2CCC(C)CC2)C2CC3CC(C2)CC1C3. The number of carbonyl (C=O) groups is 2. The van der Waals surface area contributed by atoms with E-state index >= 15 is 0 Å². The van der Waals surface area contributed by atoms with Crippen LogP contribution < -0.4 is 0 Å². The van der Waals surface area contributed by atoms with Crippen LogP contribution in [0.2, 0.25) is 0 Å². The molecule has 4 heteroatoms. The summed E-state index contributed by atoms with van der Waals surface area (Å²) in [4.78, 5) is 25.3. The molecule has 0 aromatic carbocycles. The molecule has 164 valence electrons. The van der Waals surface area contributed by atoms with Gasteiger partial charge in [-0.25, -0.2) is 4.79 Å². The molecule has 4 bridgehead atoms. The van der Waals surface area contributed by atoms with Crippen LogP contribution in [0.15, 0.2) is 0 Å². The van der Waals surface area contributed by atoms with Crippen LogP contribution in [0.3, 0.4) is 0 Å². The van der Waals surface area contributed by atoms with Gasteiger partial charge in [0.1, 0.15) is 5.60 Å². The number of esters is 2. The highest BCUT2D eigenvalue weighted by molar-refractivity contribution is 5.80. The number of rotatable bonds is 6. The molecule has 5 fully saturated rings. The van der Waals surface area contributed by atoms with E-state index in [1.807, 2.05) is 20.8 Å². The van der Waals surface area contributed by atoms with Gasteiger partial charge in [0.2, 0.25) is 0 Å². The highest BCUT2D eigenvalue weighted by Gasteiger charge is 2.62. The van der Waals surface area contributed by atoms with E-state index in [-0.39, 0.29) is 24.1 Å². The van der Waals surface area contributed by atoms with Crippen molar-refractivity contribution in [2.24, 2.45) is 40.9 Å². The van der Waals surface area contributed by atoms with Gasteiger partial charge in [0.15, 0.2) is 6.61 Å². The van der Waals surface area contributed by atoms with Crippen LogP contribution in [0.25, 0.3) is 0 Å². The molecule has 29 heavy (non-hydrogen) atoms. The van der Waals surface area contributed by atoms with Crippen LogP contribution >= 0.6 is 0 Å². The van der Waals surface area contributed by atoms with Gasteiger partial charge in [0.25, 0.3) is 0 Å². The van der Waals surface area contributed by atoms with E-state index in [4.69, 9.17) is 9.47 Å². The van der Waals surface area contributed by atoms with Crippen LogP contribution in [0.4, 0.5) is 0 Å². The average molecular weight is 405 g/mol. The second-order valence-corrected chi connectivity index (χ2v) is 11.4. The van der Waals surface area contributed by atoms with Crippen LogP contribution in [-0.2, 0) is 19.1 Å². The summed E-state index contributed by atoms with van der Waals surface area (Å²) >= 11 is 0. The molecule has 0 aromatic rings. The lowest BCUT2D eigenvalue weighted by Crippen LogP contribution is -2.63. The fraction of sp³-hybridized carbons (Fsp3) is 0.920. The summed E-state index contributed by atoms with van der Waals surface area (Å²) in [6.45, 7) is 7.81. The molecule has 0 spiro atoms. The molecule has 0 N–H and O–H groups in total. The Balaban J connectivity index is 1.49. The van der Waals surface area contributed by atoms with Gasteiger partial charge in [-0.15, -0.1) is 0 Å². The Labute approximate surface area is 176 Å². The quantitative estimate of drug-likeness (QED) is 0.546. The number of hydrogen-bond donors (Lipinski definition) is 0. The van der Waals surface area contributed by atoms with E-state index in [0.717, 1.165) is 17.8 Å². The fourth-order valence-corrected chi connectivity index (χ4v) is 7.24. The minimum absolute atomic E-state index is 0.237. The normalized spacial score (nSPS) is 41.2. The zero-order valence-corrected chi connectivity index (χ0v) is 18.9. The first-order valence-electron chi connectivity index (χ1n) is 12.1. The minimum Gasteiger partial charge on any atom is -0.456 e. The molecule has 0 amide bonds. The Kier molecular flexibility index (Phi) is 5.76. The second kappa shape index (κ2) is 7.89. The van der Waals surface area contributed by atoms with Crippen molar-refractivity contribution in [3.8, 4) is 0 Å². The lowest BCUT2D eigenvalue weighted by atomic mass is 9.46. The maximum Gasteiger partial charge on any atom is 0.344 e. The molecule has 5 aliphatic carbocycles. The van der Waals surface area contributed by atoms with Gasteiger partial charge >= 0.3 is 11.9 Å². The largest absolute Gasteiger partial charge is 0.456 e. The van der Waals surface area contributed by atoms with Gasteiger partial charge < -0.3 is 9.47 Å². The summed E-state index contributed by atoms with van der Waals surface area (Å²) in [5.74, 6) is 3.37. The minimum atomic E-state index is -0.555. The van der Waals surface area contributed by atoms with Crippen molar-refractivity contribution < 1.29 is 19.1 Å². The first kappa shape index (κ1) is 21.2. The first-order chi connectivity index (χ1) is 13.7. The summed E-state index contributed by atoms with van der Waals surface area (Å²) in [5, 5.41) is 0. The Bertz CT molecular complexity index is 601. The van der Waals surface area contributed by atoms with Gasteiger partial charge in [0.05, 0.1) is 5.41 Å². The standard InChI is InChI=1S/C25H40O4/c1-5-24(3,4)23(27)28-15-22(26)29-25(19-8-6-16(2)7-9-19)20-11-17-10-18(13-20)14-21(25)12-17/h16-21H,5-15H2,1-4H3. The van der Waals surface area contributed by atoms with Crippen molar-refractivity contribution in [2.75, 3.05) is 6.61 Å². The van der Waals surface area contributed by atoms with E-state index in [0.29, 0.717) is 24.2 Å². The molecule has 0 radical (unpaired) electrons. The summed E-state index contributed by atoms with van der Waals surface area (Å²) in [7, 11) is 0. The van der Waals surface area contributed by atoms with E-state index in [2.05, 4.69) is 6.92 Å². The number of ether oxygens (including phenoxy) is 2. The molecule has 5 saturated carbocycles. The third kappa shape index (κ3) is 3.85. The van der Waals surface area contributed by atoms with Crippen LogP contribution in [0, 0.1) is 40.9 Å². The first-order valence-corrected chi connectivity index (χ1v) is 12.1. The van der Waals surface area contributed by atoms with E-state index in [1.54, 1.807) is 0 Å². The highest BCUT2D eigenvalue weighted by atomic mass is 16.6. The molecule has 0 saturated heterocycles. The molecular formula is C25H40O4. The molecular weight excluding hydrogens is 364 g/mol. The van der Waals surface area contributed by atoms with E-state index in [9.17, 15) is 9.59 Å². The maximum absolute atomic E-state index is 13.0. The monoisotopic (exact) mass is 404 g/mol. The van der Waals surface area contributed by atoms with Crippen molar-refractivity contribution >= 4 is 11.9 Å². The average Bonchev–Trinajstić information content (AvgIpc) is 2.69. The van der Waals surface area contributed by atoms with Gasteiger partial charge in [-0.05, 0) is 101 Å². The maximum atomic E-state index is 13.0. The summed E-state index contributed by atoms with van der Waals surface area (Å²) in [5.41, 5.74) is -0.850. The Morgan fingerprint density at radius 3 is 1.97 bits per heavy atom. The third-order valence-electron chi connectivity index (χ3n) is 9.12. The summed E-state index contributed by atoms with van der Waals surface area (Å²) < 4.78 is 11.9. The predicted octanol–water partition coefficient (Wildman–Crippen LogP) is 5.53. The van der Waals surface area contributed by atoms with Crippen molar-refractivity contribution in [1.29, 1.82) is 0 Å². The van der Waals surface area contributed by atoms with Gasteiger partial charge in [-0.3, -0.25) is 4.79 Å². The van der Waals surface area contributed by atoms with E-state index in [1.165, 1.54) is 57.8 Å². The van der Waals surface area contributed by atoms with Crippen LogP contribution in [0.1, 0.15) is 91.9 Å². The van der Waals surface area contributed by atoms with Gasteiger partial charge in [-0.2, -0.15) is 0 Å². The van der Waals surface area contributed by atoms with Gasteiger partial charge in [-0.1, -0.05) is 26.7 Å². The zero-order chi connectivity index (χ0) is 20.8. The Hall–Kier alpha value is -1.06. The van der Waals surface area contributed by atoms with Crippen molar-refractivity contribution in [1.82, 2.24) is 0 Å². The predicted molar refractivity (Wildman–Crippen MR) is 112 cm³/mol. The van der Waals surface area contributed by atoms with E-state index < -0.39 is 5.41 Å². The van der Waals surface area contributed by atoms with Gasteiger partial charge in [0, 0.05) is 0 Å². The fourth-order valence-electron chi connectivity index (χ4n) is 7.24. The van der Waals surface area contributed by atoms with Crippen LogP contribution in [-0.4, -0.2) is 24.1 Å². The topological polar surface area (TPSA) is 52.6 Å². The Morgan fingerprint density at radius 2 is 1.45 bits per heavy atom. The molecule has 0 heterocycles. The third-order valence-corrected chi connectivity index (χ3v) is 9.12. The second-order valence-electron chi connectivity index (χ2n) is 11.4. The number of hydrogen-bond acceptors (Lipinski definition) is 4.